The molecular formula is C30H37N5O. The topological polar surface area (TPSA) is 66.3 Å². The van der Waals surface area contributed by atoms with Crippen molar-refractivity contribution < 1.29 is 4.79 Å². The second kappa shape index (κ2) is 10.3. The van der Waals surface area contributed by atoms with Crippen LogP contribution in [0.2, 0.25) is 0 Å². The lowest BCUT2D eigenvalue weighted by atomic mass is 9.77. The van der Waals surface area contributed by atoms with E-state index in [9.17, 15) is 4.79 Å². The molecule has 3 aromatic heterocycles. The molecule has 36 heavy (non-hydrogen) atoms. The number of rotatable bonds is 4. The number of nitrogens with one attached hydrogen (secondary N) is 1. The van der Waals surface area contributed by atoms with E-state index in [0.29, 0.717) is 11.8 Å². The number of piperidine rings is 1. The van der Waals surface area contributed by atoms with Crippen molar-refractivity contribution in [1.82, 2.24) is 24.3 Å². The van der Waals surface area contributed by atoms with Crippen LogP contribution in [0.25, 0.3) is 16.8 Å². The quantitative estimate of drug-likeness (QED) is 0.353. The summed E-state index contributed by atoms with van der Waals surface area (Å²) in [5.41, 5.74) is 7.77. The molecule has 1 saturated carbocycles. The van der Waals surface area contributed by atoms with Crippen LogP contribution in [-0.2, 0) is 0 Å². The van der Waals surface area contributed by atoms with Crippen molar-refractivity contribution in [3.63, 3.8) is 0 Å². The van der Waals surface area contributed by atoms with E-state index in [2.05, 4.69) is 47.4 Å². The number of likely N-dealkylation sites (tertiary alicyclic amines) is 1. The summed E-state index contributed by atoms with van der Waals surface area (Å²) >= 11 is 0. The highest BCUT2D eigenvalue weighted by Crippen LogP contribution is 2.42. The second-order valence-electron chi connectivity index (χ2n) is 9.98. The first kappa shape index (κ1) is 24.3. The van der Waals surface area contributed by atoms with Gasteiger partial charge in [-0.2, -0.15) is 0 Å². The Hall–Kier alpha value is -3.41. The average Bonchev–Trinajstić information content (AvgIpc) is 3.49. The molecule has 0 unspecified atom stereocenters. The first-order valence-electron chi connectivity index (χ1n) is 13.5. The summed E-state index contributed by atoms with van der Waals surface area (Å²) in [6, 6.07) is 10.7. The fourth-order valence-corrected chi connectivity index (χ4v) is 5.63. The number of carbonyl (C=O) groups is 1. The van der Waals surface area contributed by atoms with Gasteiger partial charge in [-0.3, -0.25) is 4.79 Å². The van der Waals surface area contributed by atoms with Crippen molar-refractivity contribution in [1.29, 1.82) is 0 Å². The van der Waals surface area contributed by atoms with Crippen molar-refractivity contribution in [3.05, 3.63) is 77.3 Å². The van der Waals surface area contributed by atoms with E-state index in [1.165, 1.54) is 30.4 Å². The Morgan fingerprint density at radius 2 is 1.78 bits per heavy atom. The number of aromatic nitrogens is 4. The molecular weight excluding hydrogens is 446 g/mol. The third-order valence-electron chi connectivity index (χ3n) is 7.80. The van der Waals surface area contributed by atoms with Crippen molar-refractivity contribution in [2.45, 2.75) is 71.6 Å². The molecule has 1 N–H and O–H groups in total. The number of carbonyl (C=O) groups excluding carboxylic acids is 1. The van der Waals surface area contributed by atoms with Gasteiger partial charge in [-0.1, -0.05) is 26.3 Å². The third kappa shape index (κ3) is 4.57. The molecule has 1 aliphatic heterocycles. The zero-order chi connectivity index (χ0) is 25.2. The summed E-state index contributed by atoms with van der Waals surface area (Å²) in [6.07, 6.45) is 11.5. The van der Waals surface area contributed by atoms with E-state index >= 15 is 0 Å². The number of H-pyrrole nitrogens is 1. The number of hydrogen-bond acceptors (Lipinski definition) is 3. The maximum Gasteiger partial charge on any atom is 0.253 e. The number of imidazole rings is 2. The van der Waals surface area contributed by atoms with Gasteiger partial charge < -0.3 is 14.3 Å². The third-order valence-corrected chi connectivity index (χ3v) is 7.80. The summed E-state index contributed by atoms with van der Waals surface area (Å²) in [6.45, 7) is 9.63. The van der Waals surface area contributed by atoms with E-state index in [-0.39, 0.29) is 5.91 Å². The molecule has 6 rings (SSSR count). The summed E-state index contributed by atoms with van der Waals surface area (Å²) < 4.78 is 2.04. The van der Waals surface area contributed by atoms with Gasteiger partial charge in [0.2, 0.25) is 0 Å². The van der Waals surface area contributed by atoms with Gasteiger partial charge in [0.15, 0.2) is 0 Å². The zero-order valence-corrected chi connectivity index (χ0v) is 21.9. The number of nitrogens with zero attached hydrogens (tertiary/aromatic N) is 4. The first-order valence-corrected chi connectivity index (χ1v) is 13.5. The number of benzene rings is 1. The number of aryl methyl sites for hydroxylation is 2. The summed E-state index contributed by atoms with van der Waals surface area (Å²) in [4.78, 5) is 27.9. The van der Waals surface area contributed by atoms with Crippen LogP contribution in [0.4, 0.5) is 0 Å². The van der Waals surface area contributed by atoms with E-state index in [0.717, 1.165) is 59.8 Å². The van der Waals surface area contributed by atoms with Gasteiger partial charge in [0.05, 0.1) is 23.7 Å². The second-order valence-corrected chi connectivity index (χ2v) is 9.98. The van der Waals surface area contributed by atoms with Gasteiger partial charge in [0.25, 0.3) is 5.91 Å². The minimum atomic E-state index is 0.135. The smallest absolute Gasteiger partial charge is 0.253 e. The monoisotopic (exact) mass is 483 g/mol. The zero-order valence-electron chi connectivity index (χ0n) is 21.9. The Labute approximate surface area is 213 Å². The van der Waals surface area contributed by atoms with E-state index < -0.39 is 0 Å². The number of hydrogen-bond donors (Lipinski definition) is 1. The lowest BCUT2D eigenvalue weighted by Crippen LogP contribution is -2.38. The van der Waals surface area contributed by atoms with Crippen LogP contribution >= 0.6 is 0 Å². The summed E-state index contributed by atoms with van der Waals surface area (Å²) in [5, 5.41) is 0. The van der Waals surface area contributed by atoms with Crippen molar-refractivity contribution >= 4 is 11.4 Å². The Morgan fingerprint density at radius 1 is 1.00 bits per heavy atom. The van der Waals surface area contributed by atoms with Crippen LogP contribution < -0.4 is 0 Å². The molecule has 1 amide bonds. The lowest BCUT2D eigenvalue weighted by molar-refractivity contribution is 0.0713. The summed E-state index contributed by atoms with van der Waals surface area (Å²) in [7, 11) is 0. The molecule has 6 nitrogen and oxygen atoms in total. The van der Waals surface area contributed by atoms with Crippen LogP contribution in [0.1, 0.15) is 90.8 Å². The van der Waals surface area contributed by atoms with Gasteiger partial charge in [-0.25, -0.2) is 9.97 Å². The molecule has 0 spiro atoms. The van der Waals surface area contributed by atoms with E-state index in [4.69, 9.17) is 4.98 Å². The van der Waals surface area contributed by atoms with Crippen LogP contribution in [0.3, 0.4) is 0 Å². The molecule has 0 atom stereocenters. The van der Waals surface area contributed by atoms with Crippen LogP contribution in [0.5, 0.6) is 0 Å². The maximum atomic E-state index is 13.5. The number of pyridine rings is 1. The molecule has 1 aliphatic carbocycles. The number of amides is 1. The van der Waals surface area contributed by atoms with Crippen LogP contribution in [0.15, 0.2) is 49.1 Å². The molecule has 188 valence electrons. The number of fused-ring (bicyclic) bond motifs is 1. The van der Waals surface area contributed by atoms with E-state index in [1.54, 1.807) is 0 Å². The molecule has 4 heterocycles. The average molecular weight is 484 g/mol. The molecule has 0 radical (unpaired) electrons. The van der Waals surface area contributed by atoms with Gasteiger partial charge in [0.1, 0.15) is 5.82 Å². The molecule has 6 heteroatoms. The SMILES string of the molecule is CC.Cc1nc(-c2cc(C(=O)N3CCC(c4ccn5cncc5c4)CC3)ccc2C2CCC2)c(C)[nH]1. The highest BCUT2D eigenvalue weighted by molar-refractivity contribution is 5.96. The Morgan fingerprint density at radius 3 is 2.44 bits per heavy atom. The van der Waals surface area contributed by atoms with Crippen LogP contribution in [-0.4, -0.2) is 43.2 Å². The lowest BCUT2D eigenvalue weighted by Gasteiger charge is -2.33. The molecule has 0 bridgehead atoms. The summed E-state index contributed by atoms with van der Waals surface area (Å²) in [5.74, 6) is 2.12. The molecule has 1 aromatic carbocycles. The fourth-order valence-electron chi connectivity index (χ4n) is 5.63. The first-order chi connectivity index (χ1) is 17.6. The van der Waals surface area contributed by atoms with Crippen molar-refractivity contribution in [2.24, 2.45) is 0 Å². The highest BCUT2D eigenvalue weighted by atomic mass is 16.2. The Balaban J connectivity index is 0.00000130. The molecule has 1 saturated heterocycles. The normalized spacial score (nSPS) is 16.5. The minimum absolute atomic E-state index is 0.135. The highest BCUT2D eigenvalue weighted by Gasteiger charge is 2.28. The van der Waals surface area contributed by atoms with Gasteiger partial charge in [0, 0.05) is 36.1 Å². The Kier molecular flexibility index (Phi) is 6.95. The van der Waals surface area contributed by atoms with Crippen molar-refractivity contribution in [3.8, 4) is 11.3 Å². The standard InChI is InChI=1S/C28H31N5O.C2H6/c1-18-27(31-19(2)30-18)26-15-23(6-7-25(26)21-4-3-5-21)28(34)32-11-8-20(9-12-32)22-10-13-33-17-29-16-24(33)14-22;1-2/h6-7,10,13-17,20-21H,3-5,8-9,11-12H2,1-2H3,(H,30,31);1-2H3. The minimum Gasteiger partial charge on any atom is -0.346 e. The molecule has 2 fully saturated rings. The molecule has 4 aromatic rings. The van der Waals surface area contributed by atoms with Gasteiger partial charge in [-0.05, 0) is 86.8 Å². The van der Waals surface area contributed by atoms with E-state index in [1.807, 2.05) is 48.7 Å². The van der Waals surface area contributed by atoms with Gasteiger partial charge >= 0.3 is 0 Å². The maximum absolute atomic E-state index is 13.5. The van der Waals surface area contributed by atoms with Gasteiger partial charge in [-0.15, -0.1) is 0 Å². The largest absolute Gasteiger partial charge is 0.346 e. The Bertz CT molecular complexity index is 1350. The predicted molar refractivity (Wildman–Crippen MR) is 145 cm³/mol. The number of aromatic amines is 1. The fraction of sp³-hybridized carbons (Fsp3) is 0.433. The molecule has 2 aliphatic rings. The van der Waals surface area contributed by atoms with Crippen molar-refractivity contribution in [2.75, 3.05) is 13.1 Å². The van der Waals surface area contributed by atoms with Crippen LogP contribution in [0, 0.1) is 13.8 Å². The predicted octanol–water partition coefficient (Wildman–Crippen LogP) is 6.65.